The Bertz CT molecular complexity index is 514. The van der Waals surface area contributed by atoms with E-state index in [2.05, 4.69) is 55.2 Å². The summed E-state index contributed by atoms with van der Waals surface area (Å²) in [5.74, 6) is 0.332. The van der Waals surface area contributed by atoms with Crippen LogP contribution >= 0.6 is 0 Å². The first-order valence-corrected chi connectivity index (χ1v) is 12.3. The smallest absolute Gasteiger partial charge is 0.129 e. The Hall–Kier alpha value is -0.730. The molecule has 0 fully saturated rings. The van der Waals surface area contributed by atoms with E-state index < -0.39 is 17.6 Å². The molecule has 3 unspecified atom stereocenters. The van der Waals surface area contributed by atoms with Crippen LogP contribution in [0.15, 0.2) is 23.5 Å². The van der Waals surface area contributed by atoms with Crippen LogP contribution in [-0.4, -0.2) is 46.4 Å². The van der Waals surface area contributed by atoms with Gasteiger partial charge in [-0.05, 0) is 72.0 Å². The van der Waals surface area contributed by atoms with Gasteiger partial charge in [-0.25, -0.2) is 0 Å². The van der Waals surface area contributed by atoms with Crippen LogP contribution in [0, 0.1) is 5.92 Å². The summed E-state index contributed by atoms with van der Waals surface area (Å²) >= 11 is -0.966. The minimum Gasteiger partial charge on any atom is -0.598 e. The van der Waals surface area contributed by atoms with Crippen LogP contribution in [0.5, 0.6) is 0 Å². The third kappa shape index (κ3) is 11.3. The van der Waals surface area contributed by atoms with Crippen LogP contribution in [0.1, 0.15) is 73.6 Å². The Balaban J connectivity index is 2.30. The molecule has 170 valence electrons. The van der Waals surface area contributed by atoms with Gasteiger partial charge in [-0.15, -0.1) is 4.72 Å². The SMILES string of the molecule is CC[C@@H](C)OC(C)CNC1=CC=C(NC(O)CCCCN[S@@+]([O-])C(C)C)C(C)C1. The average Bonchev–Trinajstić information content (AvgIpc) is 2.67. The molecule has 0 heterocycles. The molecule has 1 rings (SSSR count). The molecule has 0 saturated carbocycles. The second-order valence-corrected chi connectivity index (χ2v) is 10.2. The van der Waals surface area contributed by atoms with Crippen molar-refractivity contribution in [2.75, 3.05) is 13.1 Å². The molecule has 29 heavy (non-hydrogen) atoms. The molecule has 0 aromatic rings. The molecule has 0 aromatic heterocycles. The normalized spacial score (nSPS) is 21.2. The Morgan fingerprint density at radius 1 is 1.21 bits per heavy atom. The predicted molar refractivity (Wildman–Crippen MR) is 123 cm³/mol. The summed E-state index contributed by atoms with van der Waals surface area (Å²) in [6, 6.07) is 0. The molecule has 1 aliphatic rings. The van der Waals surface area contributed by atoms with Gasteiger partial charge in [-0.1, -0.05) is 13.8 Å². The average molecular weight is 430 g/mol. The van der Waals surface area contributed by atoms with Crippen molar-refractivity contribution in [2.24, 2.45) is 5.92 Å². The monoisotopic (exact) mass is 429 g/mol. The highest BCUT2D eigenvalue weighted by Gasteiger charge is 2.18. The van der Waals surface area contributed by atoms with Crippen molar-refractivity contribution in [3.63, 3.8) is 0 Å². The van der Waals surface area contributed by atoms with Crippen molar-refractivity contribution in [2.45, 2.75) is 97.3 Å². The Labute approximate surface area is 181 Å². The highest BCUT2D eigenvalue weighted by Crippen LogP contribution is 2.22. The fraction of sp³-hybridized carbons (Fsp3) is 0.818. The van der Waals surface area contributed by atoms with Crippen molar-refractivity contribution >= 4 is 11.4 Å². The Morgan fingerprint density at radius 2 is 1.93 bits per heavy atom. The first kappa shape index (κ1) is 26.3. The summed E-state index contributed by atoms with van der Waals surface area (Å²) in [7, 11) is 0. The van der Waals surface area contributed by atoms with Crippen molar-refractivity contribution in [1.82, 2.24) is 15.4 Å². The predicted octanol–water partition coefficient (Wildman–Crippen LogP) is 3.33. The van der Waals surface area contributed by atoms with E-state index in [9.17, 15) is 9.66 Å². The maximum atomic E-state index is 11.6. The van der Waals surface area contributed by atoms with Crippen LogP contribution in [0.3, 0.4) is 0 Å². The number of unbranched alkanes of at least 4 members (excludes halogenated alkanes) is 1. The largest absolute Gasteiger partial charge is 0.598 e. The van der Waals surface area contributed by atoms with Gasteiger partial charge in [-0.2, -0.15) is 0 Å². The van der Waals surface area contributed by atoms with E-state index in [0.717, 1.165) is 37.9 Å². The number of aliphatic hydroxyl groups excluding tert-OH is 1. The Morgan fingerprint density at radius 3 is 2.55 bits per heavy atom. The summed E-state index contributed by atoms with van der Waals surface area (Å²) in [4.78, 5) is 0. The zero-order chi connectivity index (χ0) is 21.8. The summed E-state index contributed by atoms with van der Waals surface area (Å²) in [6.07, 6.45) is 8.49. The van der Waals surface area contributed by atoms with Crippen LogP contribution < -0.4 is 15.4 Å². The quantitative estimate of drug-likeness (QED) is 0.181. The summed E-state index contributed by atoms with van der Waals surface area (Å²) in [5.41, 5.74) is 2.28. The van der Waals surface area contributed by atoms with Gasteiger partial charge in [-0.3, -0.25) is 0 Å². The number of ether oxygens (including phenoxy) is 1. The lowest BCUT2D eigenvalue weighted by Gasteiger charge is -2.27. The van der Waals surface area contributed by atoms with Gasteiger partial charge in [0.05, 0.1) is 12.2 Å². The maximum Gasteiger partial charge on any atom is 0.129 e. The molecule has 0 bridgehead atoms. The van der Waals surface area contributed by atoms with Gasteiger partial charge >= 0.3 is 0 Å². The van der Waals surface area contributed by atoms with Gasteiger partial charge in [0.15, 0.2) is 0 Å². The van der Waals surface area contributed by atoms with E-state index in [1.54, 1.807) is 0 Å². The van der Waals surface area contributed by atoms with Gasteiger partial charge in [0.25, 0.3) is 0 Å². The van der Waals surface area contributed by atoms with Crippen molar-refractivity contribution in [1.29, 1.82) is 0 Å². The molecule has 7 heteroatoms. The number of hydrogen-bond donors (Lipinski definition) is 4. The van der Waals surface area contributed by atoms with E-state index >= 15 is 0 Å². The van der Waals surface area contributed by atoms with E-state index in [4.69, 9.17) is 4.74 Å². The topological polar surface area (TPSA) is 88.6 Å². The highest BCUT2D eigenvalue weighted by molar-refractivity contribution is 7.90. The van der Waals surface area contributed by atoms with Crippen LogP contribution in [-0.2, 0) is 16.1 Å². The van der Waals surface area contributed by atoms with Crippen LogP contribution in [0.2, 0.25) is 0 Å². The van der Waals surface area contributed by atoms with E-state index in [1.807, 2.05) is 13.8 Å². The minimum absolute atomic E-state index is 0.130. The first-order chi connectivity index (χ1) is 13.7. The van der Waals surface area contributed by atoms with Crippen molar-refractivity contribution in [3.05, 3.63) is 23.5 Å². The lowest BCUT2D eigenvalue weighted by Crippen LogP contribution is -2.34. The number of aliphatic hydroxyl groups is 1. The minimum atomic E-state index is -0.966. The van der Waals surface area contributed by atoms with Gasteiger partial charge in [0.1, 0.15) is 11.5 Å². The third-order valence-electron chi connectivity index (χ3n) is 5.09. The van der Waals surface area contributed by atoms with E-state index in [0.29, 0.717) is 18.9 Å². The van der Waals surface area contributed by atoms with Crippen LogP contribution in [0.4, 0.5) is 0 Å². The molecular formula is C22H43N3O3S. The Kier molecular flexibility index (Phi) is 13.0. The van der Waals surface area contributed by atoms with Gasteiger partial charge in [0.2, 0.25) is 0 Å². The molecule has 0 amide bonds. The van der Waals surface area contributed by atoms with Gasteiger partial charge in [0, 0.05) is 41.8 Å². The fourth-order valence-electron chi connectivity index (χ4n) is 3.07. The molecule has 6 nitrogen and oxygen atoms in total. The molecule has 0 aliphatic heterocycles. The first-order valence-electron chi connectivity index (χ1n) is 11.1. The molecule has 0 aromatic carbocycles. The molecule has 5 atom stereocenters. The molecular weight excluding hydrogens is 386 g/mol. The molecule has 0 saturated heterocycles. The molecule has 4 N–H and O–H groups in total. The number of allylic oxidation sites excluding steroid dienone is 4. The maximum absolute atomic E-state index is 11.6. The zero-order valence-electron chi connectivity index (χ0n) is 19.2. The second kappa shape index (κ2) is 14.3. The molecule has 0 radical (unpaired) electrons. The summed E-state index contributed by atoms with van der Waals surface area (Å²) < 4.78 is 20.5. The van der Waals surface area contributed by atoms with Crippen molar-refractivity contribution < 1.29 is 14.4 Å². The lowest BCUT2D eigenvalue weighted by molar-refractivity contribution is 0.00848. The second-order valence-electron chi connectivity index (χ2n) is 8.36. The number of rotatable bonds is 15. The summed E-state index contributed by atoms with van der Waals surface area (Å²) in [5, 5.41) is 17.1. The van der Waals surface area contributed by atoms with E-state index in [-0.39, 0.29) is 17.5 Å². The number of nitrogens with one attached hydrogen (secondary N) is 3. The molecule has 1 aliphatic carbocycles. The van der Waals surface area contributed by atoms with Gasteiger partial charge < -0.3 is 25.0 Å². The van der Waals surface area contributed by atoms with E-state index in [1.165, 1.54) is 5.70 Å². The summed E-state index contributed by atoms with van der Waals surface area (Å²) in [6.45, 7) is 13.9. The fourth-order valence-corrected chi connectivity index (χ4v) is 3.75. The standard InChI is InChI=1S/C22H43N3O3S/c1-7-18(5)28-19(6)15-23-20-11-12-21(17(4)14-20)25-22(26)10-8-9-13-24-29(27)16(2)3/h11-12,16-19,22-26H,7-10,13-15H2,1-6H3/t17?,18-,19?,22?,29+/m1/s1. The van der Waals surface area contributed by atoms with Crippen LogP contribution in [0.25, 0.3) is 0 Å². The highest BCUT2D eigenvalue weighted by atomic mass is 32.2. The van der Waals surface area contributed by atoms with Crippen molar-refractivity contribution in [3.8, 4) is 0 Å². The zero-order valence-corrected chi connectivity index (χ0v) is 20.0. The number of hydrogen-bond acceptors (Lipinski definition) is 6. The third-order valence-corrected chi connectivity index (χ3v) is 6.43. The lowest BCUT2D eigenvalue weighted by atomic mass is 9.96. The molecule has 0 spiro atoms.